The SMILES string of the molecule is C[C@H]1C(=O)N(c2ccc3c(c2)OCO3)CCN1C(=O)c1ccc(Cl)c(Cl)c1. The van der Waals surface area contributed by atoms with Crippen molar-refractivity contribution in [2.24, 2.45) is 0 Å². The molecule has 6 nitrogen and oxygen atoms in total. The third-order valence-corrected chi connectivity index (χ3v) is 5.49. The Hall–Kier alpha value is -2.44. The Balaban J connectivity index is 1.54. The van der Waals surface area contributed by atoms with Crippen LogP contribution in [0.4, 0.5) is 5.69 Å². The van der Waals surface area contributed by atoms with Crippen LogP contribution in [0, 0.1) is 0 Å². The van der Waals surface area contributed by atoms with Crippen LogP contribution in [0.1, 0.15) is 17.3 Å². The molecule has 0 aliphatic carbocycles. The standard InChI is InChI=1S/C19H16Cl2N2O4/c1-11-18(24)23(13-3-5-16-17(9-13)27-10-26-16)7-6-22(11)19(25)12-2-4-14(20)15(21)8-12/h2-5,8-9,11H,6-7,10H2,1H3/t11-/m0/s1. The van der Waals surface area contributed by atoms with Crippen LogP contribution >= 0.6 is 23.2 Å². The number of rotatable bonds is 2. The highest BCUT2D eigenvalue weighted by molar-refractivity contribution is 6.42. The lowest BCUT2D eigenvalue weighted by Gasteiger charge is -2.39. The van der Waals surface area contributed by atoms with Gasteiger partial charge in [-0.05, 0) is 37.3 Å². The highest BCUT2D eigenvalue weighted by atomic mass is 35.5. The van der Waals surface area contributed by atoms with Gasteiger partial charge < -0.3 is 19.3 Å². The van der Waals surface area contributed by atoms with E-state index in [0.717, 1.165) is 5.69 Å². The van der Waals surface area contributed by atoms with Crippen LogP contribution in [0.5, 0.6) is 11.5 Å². The summed E-state index contributed by atoms with van der Waals surface area (Å²) in [6, 6.07) is 9.48. The van der Waals surface area contributed by atoms with Gasteiger partial charge in [0.2, 0.25) is 12.7 Å². The predicted octanol–water partition coefficient (Wildman–Crippen LogP) is 3.60. The van der Waals surface area contributed by atoms with E-state index in [4.69, 9.17) is 32.7 Å². The van der Waals surface area contributed by atoms with Gasteiger partial charge in [0.25, 0.3) is 5.91 Å². The van der Waals surface area contributed by atoms with E-state index in [-0.39, 0.29) is 18.6 Å². The summed E-state index contributed by atoms with van der Waals surface area (Å²) in [5, 5.41) is 0.686. The Morgan fingerprint density at radius 1 is 1.04 bits per heavy atom. The fourth-order valence-corrected chi connectivity index (χ4v) is 3.55. The van der Waals surface area contributed by atoms with Gasteiger partial charge in [0, 0.05) is 30.4 Å². The molecule has 1 saturated heterocycles. The van der Waals surface area contributed by atoms with E-state index in [0.29, 0.717) is 40.2 Å². The molecule has 0 saturated carbocycles. The van der Waals surface area contributed by atoms with Crippen LogP contribution in [0.2, 0.25) is 10.0 Å². The van der Waals surface area contributed by atoms with Gasteiger partial charge in [-0.25, -0.2) is 0 Å². The molecule has 2 aliphatic rings. The number of hydrogen-bond donors (Lipinski definition) is 0. The average Bonchev–Trinajstić information content (AvgIpc) is 3.13. The summed E-state index contributed by atoms with van der Waals surface area (Å²) in [7, 11) is 0. The first-order chi connectivity index (χ1) is 13.0. The molecule has 2 aromatic rings. The molecule has 0 N–H and O–H groups in total. The third kappa shape index (κ3) is 3.19. The van der Waals surface area contributed by atoms with Crippen LogP contribution in [0.3, 0.4) is 0 Å². The van der Waals surface area contributed by atoms with Crippen LogP contribution in [-0.4, -0.2) is 42.6 Å². The van der Waals surface area contributed by atoms with Crippen molar-refractivity contribution in [3.05, 3.63) is 52.0 Å². The monoisotopic (exact) mass is 406 g/mol. The second-order valence-corrected chi connectivity index (χ2v) is 7.15. The summed E-state index contributed by atoms with van der Waals surface area (Å²) in [5.74, 6) is 0.864. The molecule has 0 radical (unpaired) electrons. The molecule has 0 bridgehead atoms. The lowest BCUT2D eigenvalue weighted by molar-refractivity contribution is -0.124. The molecule has 2 amide bonds. The largest absolute Gasteiger partial charge is 0.454 e. The first-order valence-corrected chi connectivity index (χ1v) is 9.18. The van der Waals surface area contributed by atoms with Crippen molar-refractivity contribution < 1.29 is 19.1 Å². The van der Waals surface area contributed by atoms with E-state index in [1.165, 1.54) is 6.07 Å². The first kappa shape index (κ1) is 17.9. The average molecular weight is 407 g/mol. The van der Waals surface area contributed by atoms with Crippen LogP contribution in [-0.2, 0) is 4.79 Å². The quantitative estimate of drug-likeness (QED) is 0.764. The van der Waals surface area contributed by atoms with Crippen molar-refractivity contribution in [2.45, 2.75) is 13.0 Å². The second kappa shape index (κ2) is 6.94. The maximum atomic E-state index is 12.9. The van der Waals surface area contributed by atoms with Crippen LogP contribution < -0.4 is 14.4 Å². The number of amides is 2. The van der Waals surface area contributed by atoms with Crippen molar-refractivity contribution in [3.63, 3.8) is 0 Å². The number of carbonyl (C=O) groups excluding carboxylic acids is 2. The van der Waals surface area contributed by atoms with E-state index in [1.807, 2.05) is 6.07 Å². The predicted molar refractivity (Wildman–Crippen MR) is 102 cm³/mol. The number of halogens is 2. The molecule has 2 aliphatic heterocycles. The Bertz CT molecular complexity index is 934. The van der Waals surface area contributed by atoms with E-state index < -0.39 is 6.04 Å². The van der Waals surface area contributed by atoms with E-state index in [9.17, 15) is 9.59 Å². The Labute approximate surface area is 166 Å². The summed E-state index contributed by atoms with van der Waals surface area (Å²) in [6.45, 7) is 2.68. The van der Waals surface area contributed by atoms with Gasteiger partial charge in [-0.15, -0.1) is 0 Å². The van der Waals surface area contributed by atoms with Gasteiger partial charge in [0.1, 0.15) is 6.04 Å². The molecule has 8 heteroatoms. The summed E-state index contributed by atoms with van der Waals surface area (Å²) < 4.78 is 10.7. The Morgan fingerprint density at radius 2 is 1.81 bits per heavy atom. The van der Waals surface area contributed by atoms with Gasteiger partial charge in [-0.3, -0.25) is 9.59 Å². The molecule has 0 aromatic heterocycles. The van der Waals surface area contributed by atoms with Gasteiger partial charge in [0.05, 0.1) is 10.0 Å². The van der Waals surface area contributed by atoms with Crippen molar-refractivity contribution in [1.29, 1.82) is 0 Å². The molecular formula is C19H16Cl2N2O4. The minimum absolute atomic E-state index is 0.159. The lowest BCUT2D eigenvalue weighted by atomic mass is 10.1. The molecular weight excluding hydrogens is 391 g/mol. The summed E-state index contributed by atoms with van der Waals surface area (Å²) in [5.41, 5.74) is 1.12. The number of carbonyl (C=O) groups is 2. The van der Waals surface area contributed by atoms with Crippen molar-refractivity contribution in [2.75, 3.05) is 24.8 Å². The van der Waals surface area contributed by atoms with E-state index in [2.05, 4.69) is 0 Å². The Morgan fingerprint density at radius 3 is 2.59 bits per heavy atom. The fraction of sp³-hybridized carbons (Fsp3) is 0.263. The van der Waals surface area contributed by atoms with E-state index >= 15 is 0 Å². The number of hydrogen-bond acceptors (Lipinski definition) is 4. The Kier molecular flexibility index (Phi) is 4.61. The normalized spacial score (nSPS) is 18.8. The zero-order chi connectivity index (χ0) is 19.1. The number of fused-ring (bicyclic) bond motifs is 1. The van der Waals surface area contributed by atoms with Crippen LogP contribution in [0.15, 0.2) is 36.4 Å². The number of nitrogens with zero attached hydrogens (tertiary/aromatic N) is 2. The molecule has 4 rings (SSSR count). The van der Waals surface area contributed by atoms with Crippen LogP contribution in [0.25, 0.3) is 0 Å². The highest BCUT2D eigenvalue weighted by Gasteiger charge is 2.36. The minimum Gasteiger partial charge on any atom is -0.454 e. The zero-order valence-corrected chi connectivity index (χ0v) is 16.0. The van der Waals surface area contributed by atoms with E-state index in [1.54, 1.807) is 41.0 Å². The molecule has 2 aromatic carbocycles. The summed E-state index contributed by atoms with van der Waals surface area (Å²) in [4.78, 5) is 28.9. The number of benzene rings is 2. The maximum Gasteiger partial charge on any atom is 0.254 e. The van der Waals surface area contributed by atoms with Crippen molar-refractivity contribution >= 4 is 40.7 Å². The highest BCUT2D eigenvalue weighted by Crippen LogP contribution is 2.36. The molecule has 0 unspecified atom stereocenters. The molecule has 2 heterocycles. The molecule has 1 fully saturated rings. The minimum atomic E-state index is -0.605. The smallest absolute Gasteiger partial charge is 0.254 e. The van der Waals surface area contributed by atoms with Gasteiger partial charge >= 0.3 is 0 Å². The third-order valence-electron chi connectivity index (χ3n) is 4.75. The van der Waals surface area contributed by atoms with Gasteiger partial charge in [0.15, 0.2) is 11.5 Å². The second-order valence-electron chi connectivity index (χ2n) is 6.33. The first-order valence-electron chi connectivity index (χ1n) is 8.43. The summed E-state index contributed by atoms with van der Waals surface area (Å²) >= 11 is 11.9. The summed E-state index contributed by atoms with van der Waals surface area (Å²) in [6.07, 6.45) is 0. The molecule has 0 spiro atoms. The number of anilines is 1. The lowest BCUT2D eigenvalue weighted by Crippen LogP contribution is -2.57. The number of piperazine rings is 1. The zero-order valence-electron chi connectivity index (χ0n) is 14.4. The van der Waals surface area contributed by atoms with Crippen molar-refractivity contribution in [3.8, 4) is 11.5 Å². The van der Waals surface area contributed by atoms with Gasteiger partial charge in [-0.1, -0.05) is 23.2 Å². The maximum absolute atomic E-state index is 12.9. The fourth-order valence-electron chi connectivity index (χ4n) is 3.25. The molecule has 140 valence electrons. The topological polar surface area (TPSA) is 59.1 Å². The molecule has 27 heavy (non-hydrogen) atoms. The molecule has 1 atom stereocenters. The number of ether oxygens (including phenoxy) is 2. The van der Waals surface area contributed by atoms with Gasteiger partial charge in [-0.2, -0.15) is 0 Å². The van der Waals surface area contributed by atoms with Crippen molar-refractivity contribution in [1.82, 2.24) is 4.90 Å².